The summed E-state index contributed by atoms with van der Waals surface area (Å²) < 4.78 is 8.33. The minimum atomic E-state index is 0.230. The van der Waals surface area contributed by atoms with Gasteiger partial charge in [-0.2, -0.15) is 0 Å². The molecule has 1 saturated heterocycles. The van der Waals surface area contributed by atoms with Crippen LogP contribution in [-0.4, -0.2) is 45.7 Å². The molecule has 2 aromatic heterocycles. The van der Waals surface area contributed by atoms with Gasteiger partial charge in [0.2, 0.25) is 5.88 Å². The molecule has 3 heterocycles. The molecule has 6 nitrogen and oxygen atoms in total. The second-order valence-corrected chi connectivity index (χ2v) is 8.49. The molecule has 1 aliphatic heterocycles. The number of likely N-dealkylation sites (tertiary alicyclic amines) is 1. The summed E-state index contributed by atoms with van der Waals surface area (Å²) in [6.45, 7) is 5.05. The van der Waals surface area contributed by atoms with Crippen molar-refractivity contribution in [2.24, 2.45) is 0 Å². The molecule has 0 radical (unpaired) electrons. The van der Waals surface area contributed by atoms with E-state index >= 15 is 0 Å². The molecule has 1 aromatic carbocycles. The van der Waals surface area contributed by atoms with Gasteiger partial charge >= 0.3 is 0 Å². The van der Waals surface area contributed by atoms with Crippen LogP contribution in [0.25, 0.3) is 5.65 Å². The summed E-state index contributed by atoms with van der Waals surface area (Å²) >= 11 is 0. The molecule has 2 aliphatic rings. The lowest BCUT2D eigenvalue weighted by molar-refractivity contribution is 0.109. The van der Waals surface area contributed by atoms with Crippen LogP contribution in [-0.2, 0) is 6.54 Å². The van der Waals surface area contributed by atoms with Crippen molar-refractivity contribution in [1.29, 1.82) is 0 Å². The molecule has 1 saturated carbocycles. The number of benzene rings is 1. The largest absolute Gasteiger partial charge is 0.473 e. The normalized spacial score (nSPS) is 18.3. The fourth-order valence-corrected chi connectivity index (χ4v) is 4.08. The van der Waals surface area contributed by atoms with Crippen LogP contribution >= 0.6 is 0 Å². The van der Waals surface area contributed by atoms with E-state index < -0.39 is 0 Å². The van der Waals surface area contributed by atoms with Crippen LogP contribution in [0.2, 0.25) is 0 Å². The molecule has 1 N–H and O–H groups in total. The molecule has 29 heavy (non-hydrogen) atoms. The molecular formula is C23H29N5O. The van der Waals surface area contributed by atoms with Gasteiger partial charge in [0.15, 0.2) is 5.65 Å². The summed E-state index contributed by atoms with van der Waals surface area (Å²) in [4.78, 5) is 7.04. The second kappa shape index (κ2) is 7.67. The van der Waals surface area contributed by atoms with Crippen molar-refractivity contribution in [3.05, 3.63) is 53.3 Å². The number of fused-ring (bicyclic) bond motifs is 1. The molecule has 0 spiro atoms. The highest BCUT2D eigenvalue weighted by atomic mass is 16.5. The number of hydrogen-bond acceptors (Lipinski definition) is 5. The zero-order valence-corrected chi connectivity index (χ0v) is 17.3. The number of aryl methyl sites for hydroxylation is 1. The zero-order valence-electron chi connectivity index (χ0n) is 17.3. The summed E-state index contributed by atoms with van der Waals surface area (Å²) in [5.41, 5.74) is 5.64. The van der Waals surface area contributed by atoms with Crippen LogP contribution in [0.5, 0.6) is 5.88 Å². The number of imidazole rings is 1. The van der Waals surface area contributed by atoms with E-state index in [0.29, 0.717) is 11.8 Å². The van der Waals surface area contributed by atoms with Gasteiger partial charge in [-0.25, -0.2) is 9.50 Å². The Morgan fingerprint density at radius 2 is 1.93 bits per heavy atom. The van der Waals surface area contributed by atoms with E-state index in [1.54, 1.807) is 0 Å². The lowest BCUT2D eigenvalue weighted by Crippen LogP contribution is -2.35. The number of ether oxygens (including phenoxy) is 1. The van der Waals surface area contributed by atoms with Crippen molar-refractivity contribution in [3.63, 3.8) is 0 Å². The van der Waals surface area contributed by atoms with Crippen molar-refractivity contribution in [1.82, 2.24) is 19.5 Å². The van der Waals surface area contributed by atoms with Gasteiger partial charge in [0.05, 0.1) is 17.6 Å². The Morgan fingerprint density at radius 3 is 2.69 bits per heavy atom. The van der Waals surface area contributed by atoms with E-state index in [0.717, 1.165) is 43.8 Å². The molecule has 3 aromatic rings. The topological polar surface area (TPSA) is 54.7 Å². The van der Waals surface area contributed by atoms with Gasteiger partial charge in [-0.3, -0.25) is 0 Å². The minimum absolute atomic E-state index is 0.230. The highest BCUT2D eigenvalue weighted by Gasteiger charge is 2.28. The first kappa shape index (κ1) is 18.4. The fourth-order valence-electron chi connectivity index (χ4n) is 4.08. The molecule has 6 heteroatoms. The van der Waals surface area contributed by atoms with Gasteiger partial charge in [0.25, 0.3) is 0 Å². The van der Waals surface area contributed by atoms with Crippen LogP contribution < -0.4 is 10.1 Å². The van der Waals surface area contributed by atoms with E-state index in [1.807, 2.05) is 16.8 Å². The number of nitrogens with one attached hydrogen (secondary N) is 1. The third kappa shape index (κ3) is 3.94. The monoisotopic (exact) mass is 391 g/mol. The minimum Gasteiger partial charge on any atom is -0.473 e. The molecule has 1 aliphatic carbocycles. The first-order valence-corrected chi connectivity index (χ1v) is 10.7. The maximum Gasteiger partial charge on any atom is 0.234 e. The number of aromatic nitrogens is 3. The first-order chi connectivity index (χ1) is 14.2. The van der Waals surface area contributed by atoms with Crippen LogP contribution in [0.4, 0.5) is 5.69 Å². The summed E-state index contributed by atoms with van der Waals surface area (Å²) in [5, 5.41) is 8.41. The lowest BCUT2D eigenvalue weighted by atomic mass is 10.1. The van der Waals surface area contributed by atoms with Crippen molar-refractivity contribution >= 4 is 11.3 Å². The maximum atomic E-state index is 6.33. The van der Waals surface area contributed by atoms with Crippen molar-refractivity contribution in [3.8, 4) is 5.88 Å². The molecule has 152 valence electrons. The Bertz CT molecular complexity index is 1000. The van der Waals surface area contributed by atoms with E-state index in [4.69, 9.17) is 9.84 Å². The van der Waals surface area contributed by atoms with Gasteiger partial charge in [-0.05, 0) is 50.8 Å². The summed E-state index contributed by atoms with van der Waals surface area (Å²) in [6, 6.07) is 10.5. The van der Waals surface area contributed by atoms with E-state index in [9.17, 15) is 0 Å². The Hall–Kier alpha value is -2.60. The third-order valence-corrected chi connectivity index (χ3v) is 6.15. The Balaban J connectivity index is 1.44. The average Bonchev–Trinajstić information content (AvgIpc) is 3.48. The van der Waals surface area contributed by atoms with Gasteiger partial charge in [-0.15, -0.1) is 5.10 Å². The third-order valence-electron chi connectivity index (χ3n) is 6.15. The Morgan fingerprint density at radius 1 is 1.14 bits per heavy atom. The number of rotatable bonds is 6. The van der Waals surface area contributed by atoms with Gasteiger partial charge in [0.1, 0.15) is 6.10 Å². The quantitative estimate of drug-likeness (QED) is 0.688. The molecule has 0 atom stereocenters. The van der Waals surface area contributed by atoms with Gasteiger partial charge in [0, 0.05) is 31.6 Å². The molecular weight excluding hydrogens is 362 g/mol. The standard InChI is InChI=1S/C23H29N5O/c1-16-5-3-4-6-18(16)14-24-20-13-22(29-19-9-11-27(2)12-10-19)26-28-21(17-7-8-17)15-25-23(20)28/h3-6,13,15,17,19,24H,7-12,14H2,1-2H3. The highest BCUT2D eigenvalue weighted by Crippen LogP contribution is 2.40. The van der Waals surface area contributed by atoms with Crippen LogP contribution in [0.15, 0.2) is 36.5 Å². The fraction of sp³-hybridized carbons (Fsp3) is 0.478. The summed E-state index contributed by atoms with van der Waals surface area (Å²) in [6.07, 6.45) is 6.75. The number of nitrogens with zero attached hydrogens (tertiary/aromatic N) is 4. The predicted molar refractivity (Wildman–Crippen MR) is 115 cm³/mol. The SMILES string of the molecule is Cc1ccccc1CNc1cc(OC2CCN(C)CC2)nn2c(C3CC3)cnc12. The van der Waals surface area contributed by atoms with E-state index in [1.165, 1.54) is 29.7 Å². The van der Waals surface area contributed by atoms with Crippen molar-refractivity contribution < 1.29 is 4.74 Å². The summed E-state index contributed by atoms with van der Waals surface area (Å²) in [7, 11) is 2.17. The second-order valence-electron chi connectivity index (χ2n) is 8.49. The first-order valence-electron chi connectivity index (χ1n) is 10.7. The Kier molecular flexibility index (Phi) is 4.87. The molecule has 2 fully saturated rings. The van der Waals surface area contributed by atoms with E-state index in [-0.39, 0.29) is 6.10 Å². The van der Waals surface area contributed by atoms with Crippen LogP contribution in [0.1, 0.15) is 48.4 Å². The number of anilines is 1. The Labute approximate surface area is 171 Å². The van der Waals surface area contributed by atoms with Gasteiger partial charge < -0.3 is 15.0 Å². The summed E-state index contributed by atoms with van der Waals surface area (Å²) in [5.74, 6) is 1.28. The maximum absolute atomic E-state index is 6.33. The number of hydrogen-bond donors (Lipinski definition) is 1. The van der Waals surface area contributed by atoms with E-state index in [2.05, 4.69) is 53.4 Å². The van der Waals surface area contributed by atoms with Crippen molar-refractivity contribution in [2.45, 2.75) is 51.2 Å². The molecule has 0 unspecified atom stereocenters. The predicted octanol–water partition coefficient (Wildman–Crippen LogP) is 4.00. The lowest BCUT2D eigenvalue weighted by Gasteiger charge is -2.29. The average molecular weight is 392 g/mol. The number of piperidine rings is 1. The zero-order chi connectivity index (χ0) is 19.8. The molecule has 0 amide bonds. The highest BCUT2D eigenvalue weighted by molar-refractivity contribution is 5.69. The van der Waals surface area contributed by atoms with Crippen molar-refractivity contribution in [2.75, 3.05) is 25.5 Å². The van der Waals surface area contributed by atoms with Crippen LogP contribution in [0, 0.1) is 6.92 Å². The molecule has 0 bridgehead atoms. The molecule has 5 rings (SSSR count). The van der Waals surface area contributed by atoms with Gasteiger partial charge in [-0.1, -0.05) is 24.3 Å². The van der Waals surface area contributed by atoms with Crippen LogP contribution in [0.3, 0.4) is 0 Å². The smallest absolute Gasteiger partial charge is 0.234 e.